The molecule has 0 fully saturated rings. The molecule has 6 heteroatoms. The topological polar surface area (TPSA) is 79.8 Å². The predicted octanol–water partition coefficient (Wildman–Crippen LogP) is 3.10. The van der Waals surface area contributed by atoms with Crippen LogP contribution in [0.5, 0.6) is 0 Å². The fourth-order valence-corrected chi connectivity index (χ4v) is 2.79. The fourth-order valence-electron chi connectivity index (χ4n) is 2.79. The van der Waals surface area contributed by atoms with Gasteiger partial charge in [-0.15, -0.1) is 0 Å². The van der Waals surface area contributed by atoms with E-state index in [9.17, 15) is 4.79 Å². The number of pyridine rings is 1. The average molecular weight is 337 g/mol. The van der Waals surface area contributed by atoms with Crippen LogP contribution in [0.2, 0.25) is 0 Å². The van der Waals surface area contributed by atoms with Gasteiger partial charge in [0.05, 0.1) is 5.56 Å². The third kappa shape index (κ3) is 5.38. The lowest BCUT2D eigenvalue weighted by Crippen LogP contribution is -2.25. The Hall–Kier alpha value is -2.76. The number of carbonyl (C=O) groups is 1. The molecule has 6 nitrogen and oxygen atoms in total. The van der Waals surface area contributed by atoms with Crippen molar-refractivity contribution in [3.8, 4) is 0 Å². The summed E-state index contributed by atoms with van der Waals surface area (Å²) >= 11 is 0. The van der Waals surface area contributed by atoms with Gasteiger partial charge in [-0.05, 0) is 43.7 Å². The van der Waals surface area contributed by atoms with Gasteiger partial charge in [0.25, 0.3) is 5.91 Å². The van der Waals surface area contributed by atoms with Crippen molar-refractivity contribution in [2.24, 2.45) is 0 Å². The van der Waals surface area contributed by atoms with Gasteiger partial charge >= 0.3 is 0 Å². The molecule has 0 atom stereocenters. The summed E-state index contributed by atoms with van der Waals surface area (Å²) < 4.78 is 0. The van der Waals surface area contributed by atoms with Crippen molar-refractivity contribution in [1.82, 2.24) is 20.3 Å². The van der Waals surface area contributed by atoms with Crippen LogP contribution >= 0.6 is 0 Å². The Balaban J connectivity index is 1.44. The van der Waals surface area contributed by atoms with Crippen LogP contribution in [0.1, 0.15) is 48.0 Å². The van der Waals surface area contributed by atoms with Gasteiger partial charge in [-0.1, -0.05) is 17.7 Å². The zero-order valence-corrected chi connectivity index (χ0v) is 14.2. The maximum Gasteiger partial charge on any atom is 0.254 e. The average Bonchev–Trinajstić information content (AvgIpc) is 2.68. The van der Waals surface area contributed by atoms with Crippen LogP contribution in [0, 0.1) is 0 Å². The SMILES string of the molecule is O=C(NCCC1=CCCCC1)c1cnc(NCc2cccnc2)nc1. The number of hydrogen-bond donors (Lipinski definition) is 2. The maximum absolute atomic E-state index is 12.1. The Bertz CT molecular complexity index is 712. The molecular formula is C19H23N5O. The van der Waals surface area contributed by atoms with Gasteiger partial charge in [0.2, 0.25) is 5.95 Å². The molecule has 2 heterocycles. The molecule has 0 aromatic carbocycles. The highest BCUT2D eigenvalue weighted by molar-refractivity contribution is 5.93. The molecule has 1 amide bonds. The summed E-state index contributed by atoms with van der Waals surface area (Å²) in [6.45, 7) is 1.25. The van der Waals surface area contributed by atoms with Crippen LogP contribution in [0.15, 0.2) is 48.6 Å². The van der Waals surface area contributed by atoms with E-state index in [-0.39, 0.29) is 5.91 Å². The van der Waals surface area contributed by atoms with E-state index in [0.29, 0.717) is 24.6 Å². The molecule has 3 rings (SSSR count). The number of carbonyl (C=O) groups excluding carboxylic acids is 1. The van der Waals surface area contributed by atoms with Crippen LogP contribution < -0.4 is 10.6 Å². The molecule has 2 aromatic rings. The quantitative estimate of drug-likeness (QED) is 0.759. The molecule has 0 saturated heterocycles. The first kappa shape index (κ1) is 17.1. The Kier molecular flexibility index (Phi) is 6.09. The monoisotopic (exact) mass is 337 g/mol. The third-order valence-corrected chi connectivity index (χ3v) is 4.20. The standard InChI is InChI=1S/C19H23N5O/c25-18(21-10-8-15-5-2-1-3-6-15)17-13-23-19(24-14-17)22-12-16-7-4-9-20-11-16/h4-5,7,9,11,13-14H,1-3,6,8,10,12H2,(H,21,25)(H,22,23,24). The van der Waals surface area contributed by atoms with Crippen LogP contribution in [0.4, 0.5) is 5.95 Å². The van der Waals surface area contributed by atoms with E-state index in [1.807, 2.05) is 12.1 Å². The van der Waals surface area contributed by atoms with Gasteiger partial charge < -0.3 is 10.6 Å². The van der Waals surface area contributed by atoms with E-state index in [1.165, 1.54) is 24.8 Å². The second kappa shape index (κ2) is 8.92. The number of anilines is 1. The largest absolute Gasteiger partial charge is 0.352 e. The van der Waals surface area contributed by atoms with Crippen LogP contribution in [0.3, 0.4) is 0 Å². The number of nitrogens with zero attached hydrogens (tertiary/aromatic N) is 3. The van der Waals surface area contributed by atoms with Gasteiger partial charge in [0.1, 0.15) is 0 Å². The van der Waals surface area contributed by atoms with E-state index >= 15 is 0 Å². The highest BCUT2D eigenvalue weighted by Crippen LogP contribution is 2.19. The minimum absolute atomic E-state index is 0.129. The summed E-state index contributed by atoms with van der Waals surface area (Å²) in [7, 11) is 0. The lowest BCUT2D eigenvalue weighted by Gasteiger charge is -2.12. The number of aromatic nitrogens is 3. The first-order chi connectivity index (χ1) is 12.3. The number of nitrogens with one attached hydrogen (secondary N) is 2. The molecule has 1 aliphatic carbocycles. The maximum atomic E-state index is 12.1. The van der Waals surface area contributed by atoms with Crippen molar-refractivity contribution in [2.75, 3.05) is 11.9 Å². The molecule has 2 aromatic heterocycles. The molecule has 1 aliphatic rings. The summed E-state index contributed by atoms with van der Waals surface area (Å²) in [5, 5.41) is 6.05. The first-order valence-electron chi connectivity index (χ1n) is 8.72. The summed E-state index contributed by atoms with van der Waals surface area (Å²) in [4.78, 5) is 24.6. The van der Waals surface area contributed by atoms with Gasteiger partial charge in [0, 0.05) is 37.9 Å². The van der Waals surface area contributed by atoms with Crippen molar-refractivity contribution in [2.45, 2.75) is 38.6 Å². The minimum Gasteiger partial charge on any atom is -0.352 e. The van der Waals surface area contributed by atoms with Crippen molar-refractivity contribution in [3.63, 3.8) is 0 Å². The van der Waals surface area contributed by atoms with Gasteiger partial charge in [0.15, 0.2) is 0 Å². The summed E-state index contributed by atoms with van der Waals surface area (Å²) in [5.74, 6) is 0.364. The van der Waals surface area contributed by atoms with E-state index in [1.54, 1.807) is 24.8 Å². The van der Waals surface area contributed by atoms with Gasteiger partial charge in [-0.25, -0.2) is 9.97 Å². The smallest absolute Gasteiger partial charge is 0.254 e. The lowest BCUT2D eigenvalue weighted by atomic mass is 9.97. The predicted molar refractivity (Wildman–Crippen MR) is 97.1 cm³/mol. The second-order valence-electron chi connectivity index (χ2n) is 6.12. The van der Waals surface area contributed by atoms with Crippen LogP contribution in [-0.2, 0) is 6.54 Å². The third-order valence-electron chi connectivity index (χ3n) is 4.20. The van der Waals surface area contributed by atoms with E-state index in [4.69, 9.17) is 0 Å². The summed E-state index contributed by atoms with van der Waals surface area (Å²) in [6.07, 6.45) is 14.7. The zero-order chi connectivity index (χ0) is 17.3. The summed E-state index contributed by atoms with van der Waals surface area (Å²) in [5.41, 5.74) is 2.98. The number of amides is 1. The molecule has 130 valence electrons. The molecule has 0 aliphatic heterocycles. The number of rotatable bonds is 7. The molecule has 0 spiro atoms. The van der Waals surface area contributed by atoms with Crippen LogP contribution in [-0.4, -0.2) is 27.4 Å². The van der Waals surface area contributed by atoms with Gasteiger partial charge in [-0.3, -0.25) is 9.78 Å². The Morgan fingerprint density at radius 2 is 2.04 bits per heavy atom. The Morgan fingerprint density at radius 1 is 1.16 bits per heavy atom. The number of hydrogen-bond acceptors (Lipinski definition) is 5. The highest BCUT2D eigenvalue weighted by Gasteiger charge is 2.08. The normalized spacial score (nSPS) is 13.8. The zero-order valence-electron chi connectivity index (χ0n) is 14.2. The molecule has 0 radical (unpaired) electrons. The van der Waals surface area contributed by atoms with Gasteiger partial charge in [-0.2, -0.15) is 0 Å². The molecule has 0 unspecified atom stereocenters. The van der Waals surface area contributed by atoms with Crippen molar-refractivity contribution in [3.05, 3.63) is 59.7 Å². The molecule has 0 saturated carbocycles. The molecule has 25 heavy (non-hydrogen) atoms. The fraction of sp³-hybridized carbons (Fsp3) is 0.368. The van der Waals surface area contributed by atoms with Crippen molar-refractivity contribution < 1.29 is 4.79 Å². The van der Waals surface area contributed by atoms with Crippen molar-refractivity contribution in [1.29, 1.82) is 0 Å². The van der Waals surface area contributed by atoms with E-state index in [2.05, 4.69) is 31.7 Å². The van der Waals surface area contributed by atoms with E-state index in [0.717, 1.165) is 18.4 Å². The molecule has 0 bridgehead atoms. The van der Waals surface area contributed by atoms with E-state index < -0.39 is 0 Å². The Morgan fingerprint density at radius 3 is 2.76 bits per heavy atom. The molecular weight excluding hydrogens is 314 g/mol. The minimum atomic E-state index is -0.129. The van der Waals surface area contributed by atoms with Crippen LogP contribution in [0.25, 0.3) is 0 Å². The Labute approximate surface area is 147 Å². The summed E-state index contributed by atoms with van der Waals surface area (Å²) in [6, 6.07) is 3.86. The van der Waals surface area contributed by atoms with Crippen molar-refractivity contribution >= 4 is 11.9 Å². The first-order valence-corrected chi connectivity index (χ1v) is 8.72. The highest BCUT2D eigenvalue weighted by atomic mass is 16.1. The number of allylic oxidation sites excluding steroid dienone is 1. The second-order valence-corrected chi connectivity index (χ2v) is 6.12. The lowest BCUT2D eigenvalue weighted by molar-refractivity contribution is 0.0953. The molecule has 2 N–H and O–H groups in total.